The summed E-state index contributed by atoms with van der Waals surface area (Å²) in [7, 11) is 0. The Hall–Kier alpha value is -7.94. The lowest BCUT2D eigenvalue weighted by atomic mass is 9.92. The maximum absolute atomic E-state index is 2.46. The van der Waals surface area contributed by atoms with Crippen LogP contribution in [-0.4, -0.2) is 4.57 Å². The van der Waals surface area contributed by atoms with E-state index in [9.17, 15) is 0 Å². The molecule has 11 rings (SSSR count). The van der Waals surface area contributed by atoms with Crippen molar-refractivity contribution in [2.24, 2.45) is 0 Å². The predicted molar refractivity (Wildman–Crippen MR) is 255 cm³/mol. The predicted octanol–water partition coefficient (Wildman–Crippen LogP) is 16.1. The van der Waals surface area contributed by atoms with E-state index < -0.39 is 0 Å². The Kier molecular flexibility index (Phi) is 8.87. The lowest BCUT2D eigenvalue weighted by Gasteiger charge is -2.31. The van der Waals surface area contributed by atoms with Crippen molar-refractivity contribution in [1.29, 1.82) is 0 Å². The molecule has 0 aliphatic heterocycles. The molecule has 10 aromatic carbocycles. The van der Waals surface area contributed by atoms with Crippen molar-refractivity contribution < 1.29 is 0 Å². The van der Waals surface area contributed by atoms with Gasteiger partial charge in [0.25, 0.3) is 0 Å². The molecule has 0 fully saturated rings. The van der Waals surface area contributed by atoms with Crippen molar-refractivity contribution in [3.8, 4) is 50.2 Å². The molecular formula is C58H40N2. The van der Waals surface area contributed by atoms with Crippen LogP contribution in [0.3, 0.4) is 0 Å². The van der Waals surface area contributed by atoms with Crippen molar-refractivity contribution in [2.45, 2.75) is 0 Å². The van der Waals surface area contributed by atoms with Crippen LogP contribution in [0.1, 0.15) is 0 Å². The van der Waals surface area contributed by atoms with E-state index in [4.69, 9.17) is 0 Å². The van der Waals surface area contributed by atoms with E-state index >= 15 is 0 Å². The average molecular weight is 765 g/mol. The molecule has 282 valence electrons. The summed E-state index contributed by atoms with van der Waals surface area (Å²) >= 11 is 0. The molecule has 11 aromatic rings. The highest BCUT2D eigenvalue weighted by molar-refractivity contribution is 6.10. The molecule has 0 radical (unpaired) electrons. The molecule has 60 heavy (non-hydrogen) atoms. The summed E-state index contributed by atoms with van der Waals surface area (Å²) in [6.07, 6.45) is 0. The second-order valence-electron chi connectivity index (χ2n) is 15.3. The number of hydrogen-bond acceptors (Lipinski definition) is 1. The van der Waals surface area contributed by atoms with Gasteiger partial charge in [-0.05, 0) is 92.7 Å². The van der Waals surface area contributed by atoms with E-state index in [0.717, 1.165) is 45.0 Å². The van der Waals surface area contributed by atoms with Gasteiger partial charge >= 0.3 is 0 Å². The maximum atomic E-state index is 2.46. The standard InChI is InChI=1S/C58H40N2/c1-4-17-41(18-5-1)42-31-35-47(36-32-42)59(48-37-33-46(34-38-48)51-28-16-24-43-23-10-11-25-50(43)51)58-54(44-19-6-2-7-20-44)39-49(40-55(58)45-21-8-3-9-22-45)60-56-29-14-12-26-52(56)53-27-13-15-30-57(53)60/h1-40H. The van der Waals surface area contributed by atoms with Gasteiger partial charge in [0, 0.05) is 39.0 Å². The molecule has 0 amide bonds. The van der Waals surface area contributed by atoms with Gasteiger partial charge in [0.2, 0.25) is 0 Å². The van der Waals surface area contributed by atoms with Crippen LogP contribution < -0.4 is 4.90 Å². The second kappa shape index (κ2) is 15.1. The van der Waals surface area contributed by atoms with Crippen LogP contribution in [0.25, 0.3) is 82.8 Å². The first-order valence-electron chi connectivity index (χ1n) is 20.6. The van der Waals surface area contributed by atoms with Crippen LogP contribution in [0.15, 0.2) is 243 Å². The van der Waals surface area contributed by atoms with Gasteiger partial charge in [-0.3, -0.25) is 0 Å². The fourth-order valence-electron chi connectivity index (χ4n) is 8.97. The Labute approximate surface area is 350 Å². The Balaban J connectivity index is 1.20. The van der Waals surface area contributed by atoms with Crippen LogP contribution in [0, 0.1) is 0 Å². The molecule has 0 unspecified atom stereocenters. The van der Waals surface area contributed by atoms with Crippen LogP contribution in [-0.2, 0) is 0 Å². The summed E-state index contributed by atoms with van der Waals surface area (Å²) < 4.78 is 2.44. The van der Waals surface area contributed by atoms with Crippen molar-refractivity contribution in [1.82, 2.24) is 4.57 Å². The molecule has 0 aliphatic rings. The molecule has 2 heteroatoms. The molecule has 0 saturated carbocycles. The highest BCUT2D eigenvalue weighted by Crippen LogP contribution is 2.49. The fraction of sp³-hybridized carbons (Fsp3) is 0. The summed E-state index contributed by atoms with van der Waals surface area (Å²) in [5.41, 5.74) is 16.1. The van der Waals surface area contributed by atoms with E-state index in [1.165, 1.54) is 54.8 Å². The van der Waals surface area contributed by atoms with Gasteiger partial charge in [0.05, 0.1) is 16.7 Å². The molecule has 2 nitrogen and oxygen atoms in total. The van der Waals surface area contributed by atoms with Crippen LogP contribution in [0.2, 0.25) is 0 Å². The summed E-state index contributed by atoms with van der Waals surface area (Å²) in [4.78, 5) is 2.46. The molecule has 1 aromatic heterocycles. The summed E-state index contributed by atoms with van der Waals surface area (Å²) in [5.74, 6) is 0. The molecule has 0 atom stereocenters. The van der Waals surface area contributed by atoms with Crippen LogP contribution in [0.4, 0.5) is 17.1 Å². The highest BCUT2D eigenvalue weighted by Gasteiger charge is 2.25. The quantitative estimate of drug-likeness (QED) is 0.150. The minimum absolute atomic E-state index is 1.07. The summed E-state index contributed by atoms with van der Waals surface area (Å²) in [6, 6.07) is 88.0. The Morgan fingerprint density at radius 1 is 0.283 bits per heavy atom. The molecule has 0 N–H and O–H groups in total. The number of para-hydroxylation sites is 2. The minimum Gasteiger partial charge on any atom is -0.309 e. The van der Waals surface area contributed by atoms with Crippen molar-refractivity contribution in [3.63, 3.8) is 0 Å². The van der Waals surface area contributed by atoms with E-state index in [1.807, 2.05) is 0 Å². The molecular weight excluding hydrogens is 725 g/mol. The van der Waals surface area contributed by atoms with Gasteiger partial charge in [0.1, 0.15) is 0 Å². The largest absolute Gasteiger partial charge is 0.309 e. The first kappa shape index (κ1) is 35.2. The number of rotatable bonds is 8. The monoisotopic (exact) mass is 764 g/mol. The van der Waals surface area contributed by atoms with Gasteiger partial charge < -0.3 is 9.47 Å². The Bertz CT molecular complexity index is 3160. The van der Waals surface area contributed by atoms with Crippen molar-refractivity contribution in [2.75, 3.05) is 4.90 Å². The van der Waals surface area contributed by atoms with Gasteiger partial charge in [-0.2, -0.15) is 0 Å². The van der Waals surface area contributed by atoms with Gasteiger partial charge in [-0.1, -0.05) is 194 Å². The molecule has 0 aliphatic carbocycles. The second-order valence-corrected chi connectivity index (χ2v) is 15.3. The average Bonchev–Trinajstić information content (AvgIpc) is 3.67. The first-order valence-corrected chi connectivity index (χ1v) is 20.6. The Morgan fingerprint density at radius 3 is 1.23 bits per heavy atom. The number of aromatic nitrogens is 1. The number of benzene rings is 10. The fourth-order valence-corrected chi connectivity index (χ4v) is 8.97. The van der Waals surface area contributed by atoms with Crippen molar-refractivity contribution >= 4 is 49.6 Å². The van der Waals surface area contributed by atoms with Gasteiger partial charge in [-0.15, -0.1) is 0 Å². The third-order valence-corrected chi connectivity index (χ3v) is 11.8. The zero-order valence-electron chi connectivity index (χ0n) is 33.0. The van der Waals surface area contributed by atoms with Gasteiger partial charge in [0.15, 0.2) is 0 Å². The van der Waals surface area contributed by atoms with Crippen LogP contribution >= 0.6 is 0 Å². The van der Waals surface area contributed by atoms with E-state index in [2.05, 4.69) is 252 Å². The normalized spacial score (nSPS) is 11.3. The highest BCUT2D eigenvalue weighted by atomic mass is 15.1. The number of fused-ring (bicyclic) bond motifs is 4. The lowest BCUT2D eigenvalue weighted by Crippen LogP contribution is -2.13. The van der Waals surface area contributed by atoms with Crippen molar-refractivity contribution in [3.05, 3.63) is 243 Å². The zero-order valence-corrected chi connectivity index (χ0v) is 33.0. The Morgan fingerprint density at radius 2 is 0.683 bits per heavy atom. The molecule has 0 bridgehead atoms. The number of nitrogens with zero attached hydrogens (tertiary/aromatic N) is 2. The van der Waals surface area contributed by atoms with E-state index in [-0.39, 0.29) is 0 Å². The SMILES string of the molecule is c1ccc(-c2ccc(N(c3ccc(-c4cccc5ccccc45)cc3)c3c(-c4ccccc4)cc(-n4c5ccccc5c5ccccc54)cc3-c3ccccc3)cc2)cc1. The van der Waals surface area contributed by atoms with Crippen LogP contribution in [0.5, 0.6) is 0 Å². The zero-order chi connectivity index (χ0) is 39.8. The third kappa shape index (κ3) is 6.23. The third-order valence-electron chi connectivity index (χ3n) is 11.8. The van der Waals surface area contributed by atoms with E-state index in [1.54, 1.807) is 0 Å². The number of hydrogen-bond donors (Lipinski definition) is 0. The molecule has 1 heterocycles. The first-order chi connectivity index (χ1) is 29.8. The smallest absolute Gasteiger partial charge is 0.0619 e. The molecule has 0 saturated heterocycles. The van der Waals surface area contributed by atoms with E-state index in [0.29, 0.717) is 0 Å². The topological polar surface area (TPSA) is 8.17 Å². The summed E-state index contributed by atoms with van der Waals surface area (Å²) in [5, 5.41) is 4.97. The summed E-state index contributed by atoms with van der Waals surface area (Å²) in [6.45, 7) is 0. The molecule has 0 spiro atoms. The number of anilines is 3. The maximum Gasteiger partial charge on any atom is 0.0619 e. The van der Waals surface area contributed by atoms with Gasteiger partial charge in [-0.25, -0.2) is 0 Å². The lowest BCUT2D eigenvalue weighted by molar-refractivity contribution is 1.17. The minimum atomic E-state index is 1.07.